The van der Waals surface area contributed by atoms with Crippen LogP contribution in [0.3, 0.4) is 0 Å². The molecule has 18 heavy (non-hydrogen) atoms. The maximum atomic E-state index is 6.59. The minimum Gasteiger partial charge on any atom is -0.138 e. The summed E-state index contributed by atoms with van der Waals surface area (Å²) in [5.41, 5.74) is 1.25. The van der Waals surface area contributed by atoms with Gasteiger partial charge in [0.15, 0.2) is 0 Å². The number of halogens is 2. The molecule has 0 aliphatic rings. The van der Waals surface area contributed by atoms with Crippen molar-refractivity contribution in [2.45, 2.75) is 12.3 Å². The average molecular weight is 358 g/mol. The van der Waals surface area contributed by atoms with E-state index >= 15 is 0 Å². The number of alkyl halides is 1. The first-order valence-corrected chi connectivity index (χ1v) is 8.40. The van der Waals surface area contributed by atoms with Crippen LogP contribution in [0.4, 0.5) is 0 Å². The van der Waals surface area contributed by atoms with E-state index in [1.54, 1.807) is 22.7 Å². The number of aryl methyl sites for hydroxylation is 1. The molecule has 0 aliphatic heterocycles. The Morgan fingerprint density at radius 1 is 1.11 bits per heavy atom. The van der Waals surface area contributed by atoms with Gasteiger partial charge in [0.1, 0.15) is 5.38 Å². The van der Waals surface area contributed by atoms with Crippen molar-refractivity contribution >= 4 is 60.3 Å². The average Bonchev–Trinajstić information content (AvgIpc) is 2.93. The monoisotopic (exact) mass is 356 g/mol. The van der Waals surface area contributed by atoms with E-state index in [9.17, 15) is 0 Å². The second kappa shape index (κ2) is 4.97. The second-order valence-electron chi connectivity index (χ2n) is 4.15. The summed E-state index contributed by atoms with van der Waals surface area (Å²) in [6.07, 6.45) is 0. The molecule has 3 rings (SSSR count). The van der Waals surface area contributed by atoms with Gasteiger partial charge in [-0.25, -0.2) is 0 Å². The van der Waals surface area contributed by atoms with Crippen LogP contribution in [0.1, 0.15) is 20.7 Å². The standard InChI is InChI=1S/C14H10BrClS2/c1-8-6-11(18-14(8)15)13(16)12-7-9-4-2-3-5-10(9)17-12/h2-7,13H,1H3. The van der Waals surface area contributed by atoms with Crippen molar-refractivity contribution in [1.29, 1.82) is 0 Å². The highest BCUT2D eigenvalue weighted by Crippen LogP contribution is 2.41. The number of fused-ring (bicyclic) bond motifs is 1. The van der Waals surface area contributed by atoms with E-state index in [2.05, 4.69) is 59.3 Å². The Morgan fingerprint density at radius 3 is 2.50 bits per heavy atom. The van der Waals surface area contributed by atoms with Crippen LogP contribution in [0.5, 0.6) is 0 Å². The molecule has 0 fully saturated rings. The van der Waals surface area contributed by atoms with Crippen molar-refractivity contribution in [3.63, 3.8) is 0 Å². The molecule has 0 amide bonds. The van der Waals surface area contributed by atoms with Gasteiger partial charge in [-0.15, -0.1) is 34.3 Å². The fraction of sp³-hybridized carbons (Fsp3) is 0.143. The lowest BCUT2D eigenvalue weighted by atomic mass is 10.2. The molecule has 0 radical (unpaired) electrons. The van der Waals surface area contributed by atoms with Gasteiger partial charge in [0, 0.05) is 14.5 Å². The summed E-state index contributed by atoms with van der Waals surface area (Å²) in [6, 6.07) is 12.8. The Morgan fingerprint density at radius 2 is 1.83 bits per heavy atom. The van der Waals surface area contributed by atoms with Gasteiger partial charge in [-0.3, -0.25) is 0 Å². The first-order valence-electron chi connectivity index (χ1n) is 5.53. The SMILES string of the molecule is Cc1cc(C(Cl)c2cc3ccccc3s2)sc1Br. The van der Waals surface area contributed by atoms with Crippen LogP contribution >= 0.6 is 50.2 Å². The molecule has 1 unspecified atom stereocenters. The summed E-state index contributed by atoms with van der Waals surface area (Å²) in [5, 5.41) is 1.23. The van der Waals surface area contributed by atoms with Crippen LogP contribution < -0.4 is 0 Å². The van der Waals surface area contributed by atoms with Gasteiger partial charge < -0.3 is 0 Å². The molecule has 92 valence electrons. The van der Waals surface area contributed by atoms with Crippen molar-refractivity contribution in [3.8, 4) is 0 Å². The van der Waals surface area contributed by atoms with E-state index < -0.39 is 0 Å². The molecule has 1 aromatic carbocycles. The van der Waals surface area contributed by atoms with Crippen LogP contribution in [0, 0.1) is 6.92 Å². The van der Waals surface area contributed by atoms with Gasteiger partial charge in [-0.1, -0.05) is 18.2 Å². The van der Waals surface area contributed by atoms with E-state index in [0.29, 0.717) is 0 Å². The maximum Gasteiger partial charge on any atom is 0.102 e. The normalized spacial score (nSPS) is 13.1. The number of thiophene rings is 2. The molecule has 1 atom stereocenters. The highest BCUT2D eigenvalue weighted by atomic mass is 79.9. The van der Waals surface area contributed by atoms with E-state index in [-0.39, 0.29) is 5.38 Å². The molecule has 0 bridgehead atoms. The molecule has 3 aromatic rings. The lowest BCUT2D eigenvalue weighted by Crippen LogP contribution is -1.84. The van der Waals surface area contributed by atoms with Crippen LogP contribution in [0.15, 0.2) is 40.2 Å². The van der Waals surface area contributed by atoms with Crippen LogP contribution in [0.2, 0.25) is 0 Å². The molecule has 0 saturated carbocycles. The molecule has 4 heteroatoms. The van der Waals surface area contributed by atoms with Gasteiger partial charge in [0.05, 0.1) is 3.79 Å². The third kappa shape index (κ3) is 2.25. The summed E-state index contributed by atoms with van der Waals surface area (Å²) < 4.78 is 2.47. The summed E-state index contributed by atoms with van der Waals surface area (Å²) in [4.78, 5) is 2.42. The lowest BCUT2D eigenvalue weighted by molar-refractivity contribution is 1.24. The Labute approximate surface area is 127 Å². The maximum absolute atomic E-state index is 6.59. The summed E-state index contributed by atoms with van der Waals surface area (Å²) in [7, 11) is 0. The van der Waals surface area contributed by atoms with E-state index in [4.69, 9.17) is 11.6 Å². The second-order valence-corrected chi connectivity index (χ2v) is 8.11. The molecular formula is C14H10BrClS2. The van der Waals surface area contributed by atoms with Crippen molar-refractivity contribution < 1.29 is 0 Å². The smallest absolute Gasteiger partial charge is 0.102 e. The van der Waals surface area contributed by atoms with Crippen LogP contribution in [-0.2, 0) is 0 Å². The Bertz CT molecular complexity index is 646. The topological polar surface area (TPSA) is 0 Å². The molecule has 0 saturated heterocycles. The molecule has 0 spiro atoms. The van der Waals surface area contributed by atoms with Crippen LogP contribution in [0.25, 0.3) is 10.1 Å². The fourth-order valence-corrected chi connectivity index (χ4v) is 4.97. The van der Waals surface area contributed by atoms with Gasteiger partial charge >= 0.3 is 0 Å². The molecule has 0 aliphatic carbocycles. The number of rotatable bonds is 2. The van der Waals surface area contributed by atoms with E-state index in [1.165, 1.54) is 29.2 Å². The Kier molecular flexibility index (Phi) is 3.50. The minimum absolute atomic E-state index is 0.0441. The van der Waals surface area contributed by atoms with Crippen molar-refractivity contribution in [2.75, 3.05) is 0 Å². The van der Waals surface area contributed by atoms with Crippen molar-refractivity contribution in [1.82, 2.24) is 0 Å². The van der Waals surface area contributed by atoms with Gasteiger partial charge in [0.25, 0.3) is 0 Å². The summed E-state index contributed by atoms with van der Waals surface area (Å²) in [6.45, 7) is 2.10. The third-order valence-corrected chi connectivity index (χ3v) is 6.93. The van der Waals surface area contributed by atoms with Gasteiger partial charge in [-0.2, -0.15) is 0 Å². The molecule has 2 heterocycles. The quantitative estimate of drug-likeness (QED) is 0.468. The zero-order chi connectivity index (χ0) is 12.7. The molecule has 2 aromatic heterocycles. The first-order chi connectivity index (χ1) is 8.65. The highest BCUT2D eigenvalue weighted by molar-refractivity contribution is 9.11. The number of hydrogen-bond acceptors (Lipinski definition) is 2. The fourth-order valence-electron chi connectivity index (χ4n) is 1.88. The number of hydrogen-bond donors (Lipinski definition) is 0. The molecular weight excluding hydrogens is 348 g/mol. The lowest BCUT2D eigenvalue weighted by Gasteiger charge is -2.02. The van der Waals surface area contributed by atoms with Crippen molar-refractivity contribution in [2.24, 2.45) is 0 Å². The van der Waals surface area contributed by atoms with Gasteiger partial charge in [-0.05, 0) is 52.0 Å². The summed E-state index contributed by atoms with van der Waals surface area (Å²) >= 11 is 13.6. The molecule has 0 N–H and O–H groups in total. The first kappa shape index (κ1) is 12.7. The highest BCUT2D eigenvalue weighted by Gasteiger charge is 2.17. The third-order valence-electron chi connectivity index (χ3n) is 2.82. The van der Waals surface area contributed by atoms with Gasteiger partial charge in [0.2, 0.25) is 0 Å². The largest absolute Gasteiger partial charge is 0.138 e. The predicted molar refractivity (Wildman–Crippen MR) is 86.3 cm³/mol. The van der Waals surface area contributed by atoms with Crippen LogP contribution in [-0.4, -0.2) is 0 Å². The Hall–Kier alpha value is -0.350. The minimum atomic E-state index is -0.0441. The molecule has 0 nitrogen and oxygen atoms in total. The summed E-state index contributed by atoms with van der Waals surface area (Å²) in [5.74, 6) is 0. The number of benzene rings is 1. The van der Waals surface area contributed by atoms with Crippen molar-refractivity contribution in [3.05, 3.63) is 55.5 Å². The predicted octanol–water partition coefficient (Wildman–Crippen LogP) is 6.36. The van der Waals surface area contributed by atoms with E-state index in [1.807, 2.05) is 0 Å². The Balaban J connectivity index is 2.03. The van der Waals surface area contributed by atoms with E-state index in [0.717, 1.165) is 0 Å². The zero-order valence-electron chi connectivity index (χ0n) is 9.61. The zero-order valence-corrected chi connectivity index (χ0v) is 13.6.